The van der Waals surface area contributed by atoms with Crippen LogP contribution in [0, 0.1) is 6.92 Å². The van der Waals surface area contributed by atoms with Crippen molar-refractivity contribution in [3.8, 4) is 0 Å². The molecule has 1 nitrogen and oxygen atoms in total. The molecule has 0 bridgehead atoms. The number of hydrogen-bond acceptors (Lipinski definition) is 2. The summed E-state index contributed by atoms with van der Waals surface area (Å²) < 4.78 is 1.01. The van der Waals surface area contributed by atoms with Gasteiger partial charge in [0, 0.05) is 14.9 Å². The van der Waals surface area contributed by atoms with Gasteiger partial charge in [-0.05, 0) is 40.4 Å². The number of carbonyl (C=O) groups excluding carboxylic acids is 1. The van der Waals surface area contributed by atoms with Crippen molar-refractivity contribution in [3.63, 3.8) is 0 Å². The monoisotopic (exact) mass is 322 g/mol. The molecule has 0 aliphatic rings. The zero-order valence-corrected chi connectivity index (χ0v) is 13.1. The molecule has 1 aromatic heterocycles. The highest BCUT2D eigenvalue weighted by atomic mass is 79.9. The summed E-state index contributed by atoms with van der Waals surface area (Å²) in [5, 5.41) is 0. The average Bonchev–Trinajstić information content (AvgIpc) is 2.69. The van der Waals surface area contributed by atoms with Gasteiger partial charge < -0.3 is 0 Å². The van der Waals surface area contributed by atoms with E-state index in [9.17, 15) is 4.79 Å². The van der Waals surface area contributed by atoms with Crippen LogP contribution in [0.3, 0.4) is 0 Å². The summed E-state index contributed by atoms with van der Waals surface area (Å²) in [7, 11) is 0. The third-order valence-corrected chi connectivity index (χ3v) is 5.06. The van der Waals surface area contributed by atoms with Crippen LogP contribution in [-0.2, 0) is 0 Å². The Morgan fingerprint density at radius 3 is 2.28 bits per heavy atom. The highest BCUT2D eigenvalue weighted by molar-refractivity contribution is 9.10. The maximum absolute atomic E-state index is 12.3. The summed E-state index contributed by atoms with van der Waals surface area (Å²) in [5.74, 6) is 0.594. The molecule has 0 spiro atoms. The number of thiophene rings is 1. The first-order valence-corrected chi connectivity index (χ1v) is 7.50. The van der Waals surface area contributed by atoms with Gasteiger partial charge in [-0.25, -0.2) is 0 Å². The fraction of sp³-hybridized carbons (Fsp3) is 0.267. The highest BCUT2D eigenvalue weighted by Crippen LogP contribution is 2.28. The van der Waals surface area contributed by atoms with E-state index < -0.39 is 0 Å². The Balaban J connectivity index is 2.28. The molecule has 1 aromatic carbocycles. The molecule has 0 atom stereocenters. The zero-order chi connectivity index (χ0) is 13.3. The van der Waals surface area contributed by atoms with Crippen molar-refractivity contribution in [2.24, 2.45) is 0 Å². The molecule has 94 valence electrons. The number of aryl methyl sites for hydroxylation is 1. The first-order chi connectivity index (χ1) is 8.49. The third kappa shape index (κ3) is 2.73. The Kier molecular flexibility index (Phi) is 4.03. The quantitative estimate of drug-likeness (QED) is 0.712. The first kappa shape index (κ1) is 13.5. The standard InChI is InChI=1S/C15H15BrOS/c1-9(2)11-4-6-12(7-5-11)15(17)14-8-13(16)10(3)18-14/h4-9H,1-3H3. The van der Waals surface area contributed by atoms with Crippen LogP contribution in [0.15, 0.2) is 34.8 Å². The summed E-state index contributed by atoms with van der Waals surface area (Å²) in [6.45, 7) is 6.31. The lowest BCUT2D eigenvalue weighted by Gasteiger charge is -2.05. The topological polar surface area (TPSA) is 17.1 Å². The molecule has 0 amide bonds. The van der Waals surface area contributed by atoms with Gasteiger partial charge >= 0.3 is 0 Å². The largest absolute Gasteiger partial charge is 0.288 e. The van der Waals surface area contributed by atoms with E-state index in [4.69, 9.17) is 0 Å². The number of rotatable bonds is 3. The minimum Gasteiger partial charge on any atom is -0.288 e. The Hall–Kier alpha value is -0.930. The minimum absolute atomic E-state index is 0.101. The Labute approximate surface area is 120 Å². The number of halogens is 1. The van der Waals surface area contributed by atoms with E-state index >= 15 is 0 Å². The predicted octanol–water partition coefficient (Wildman–Crippen LogP) is 5.17. The molecule has 2 rings (SSSR count). The van der Waals surface area contributed by atoms with Crippen LogP contribution in [0.1, 0.15) is 45.4 Å². The molecule has 3 heteroatoms. The van der Waals surface area contributed by atoms with Gasteiger partial charge in [-0.3, -0.25) is 4.79 Å². The summed E-state index contributed by atoms with van der Waals surface area (Å²) in [5.41, 5.74) is 2.02. The second-order valence-electron chi connectivity index (χ2n) is 4.62. The van der Waals surface area contributed by atoms with E-state index in [2.05, 4.69) is 29.8 Å². The maximum Gasteiger partial charge on any atom is 0.202 e. The van der Waals surface area contributed by atoms with Crippen LogP contribution < -0.4 is 0 Å². The molecule has 0 aliphatic heterocycles. The predicted molar refractivity (Wildman–Crippen MR) is 80.7 cm³/mol. The van der Waals surface area contributed by atoms with E-state index in [1.54, 1.807) is 0 Å². The summed E-state index contributed by atoms with van der Waals surface area (Å²) >= 11 is 4.98. The van der Waals surface area contributed by atoms with Crippen molar-refractivity contribution in [2.75, 3.05) is 0 Å². The molecule has 0 saturated heterocycles. The fourth-order valence-corrected chi connectivity index (χ4v) is 3.23. The van der Waals surface area contributed by atoms with Crippen molar-refractivity contribution in [3.05, 3.63) is 55.7 Å². The summed E-state index contributed by atoms with van der Waals surface area (Å²) in [4.78, 5) is 14.2. The molecular formula is C15H15BrOS. The van der Waals surface area contributed by atoms with Gasteiger partial charge in [0.15, 0.2) is 0 Å². The first-order valence-electron chi connectivity index (χ1n) is 5.89. The van der Waals surface area contributed by atoms with Crippen LogP contribution in [0.5, 0.6) is 0 Å². The Morgan fingerprint density at radius 1 is 1.22 bits per heavy atom. The van der Waals surface area contributed by atoms with E-state index in [0.29, 0.717) is 5.92 Å². The normalized spacial score (nSPS) is 10.9. The highest BCUT2D eigenvalue weighted by Gasteiger charge is 2.13. The van der Waals surface area contributed by atoms with E-state index in [1.807, 2.05) is 37.3 Å². The number of ketones is 1. The molecule has 2 aromatic rings. The second-order valence-corrected chi connectivity index (χ2v) is 6.73. The van der Waals surface area contributed by atoms with Crippen LogP contribution in [0.25, 0.3) is 0 Å². The van der Waals surface area contributed by atoms with Crippen molar-refractivity contribution >= 4 is 33.0 Å². The van der Waals surface area contributed by atoms with Crippen molar-refractivity contribution in [1.82, 2.24) is 0 Å². The van der Waals surface area contributed by atoms with Gasteiger partial charge in [0.05, 0.1) is 4.88 Å². The molecule has 0 N–H and O–H groups in total. The van der Waals surface area contributed by atoms with Crippen LogP contribution >= 0.6 is 27.3 Å². The van der Waals surface area contributed by atoms with Gasteiger partial charge in [0.1, 0.15) is 0 Å². The SMILES string of the molecule is Cc1sc(C(=O)c2ccc(C(C)C)cc2)cc1Br. The van der Waals surface area contributed by atoms with E-state index in [0.717, 1.165) is 19.8 Å². The molecular weight excluding hydrogens is 308 g/mol. The number of benzene rings is 1. The van der Waals surface area contributed by atoms with Crippen LogP contribution in [0.2, 0.25) is 0 Å². The molecule has 0 fully saturated rings. The summed E-state index contributed by atoms with van der Waals surface area (Å²) in [6, 6.07) is 9.81. The van der Waals surface area contributed by atoms with Crippen molar-refractivity contribution < 1.29 is 4.79 Å². The smallest absolute Gasteiger partial charge is 0.202 e. The molecule has 1 heterocycles. The molecule has 0 saturated carbocycles. The second kappa shape index (κ2) is 5.37. The molecule has 0 unspecified atom stereocenters. The lowest BCUT2D eigenvalue weighted by Crippen LogP contribution is -1.99. The van der Waals surface area contributed by atoms with Gasteiger partial charge in [-0.2, -0.15) is 0 Å². The zero-order valence-electron chi connectivity index (χ0n) is 10.7. The lowest BCUT2D eigenvalue weighted by atomic mass is 10.0. The maximum atomic E-state index is 12.3. The number of carbonyl (C=O) groups is 1. The van der Waals surface area contributed by atoms with E-state index in [-0.39, 0.29) is 5.78 Å². The van der Waals surface area contributed by atoms with E-state index in [1.165, 1.54) is 16.9 Å². The van der Waals surface area contributed by atoms with Gasteiger partial charge in [0.2, 0.25) is 5.78 Å². The molecule has 18 heavy (non-hydrogen) atoms. The molecule has 0 aliphatic carbocycles. The fourth-order valence-electron chi connectivity index (χ4n) is 1.73. The van der Waals surface area contributed by atoms with Gasteiger partial charge in [-0.15, -0.1) is 11.3 Å². The average molecular weight is 323 g/mol. The Morgan fingerprint density at radius 2 is 1.83 bits per heavy atom. The van der Waals surface area contributed by atoms with Crippen LogP contribution in [0.4, 0.5) is 0 Å². The van der Waals surface area contributed by atoms with Gasteiger partial charge in [-0.1, -0.05) is 38.1 Å². The third-order valence-electron chi connectivity index (χ3n) is 2.92. The van der Waals surface area contributed by atoms with Crippen molar-refractivity contribution in [2.45, 2.75) is 26.7 Å². The number of hydrogen-bond donors (Lipinski definition) is 0. The lowest BCUT2D eigenvalue weighted by molar-refractivity contribution is 0.104. The summed E-state index contributed by atoms with van der Waals surface area (Å²) in [6.07, 6.45) is 0. The Bertz CT molecular complexity index is 547. The van der Waals surface area contributed by atoms with Gasteiger partial charge in [0.25, 0.3) is 0 Å². The van der Waals surface area contributed by atoms with Crippen LogP contribution in [-0.4, -0.2) is 5.78 Å². The molecule has 0 radical (unpaired) electrons. The van der Waals surface area contributed by atoms with Crippen molar-refractivity contribution in [1.29, 1.82) is 0 Å². The minimum atomic E-state index is 0.101.